The predicted octanol–water partition coefficient (Wildman–Crippen LogP) is 9.03. The summed E-state index contributed by atoms with van der Waals surface area (Å²) in [5, 5.41) is 5.32. The fraction of sp³-hybridized carbons (Fsp3) is 0.125. The molecule has 2 unspecified atom stereocenters. The van der Waals surface area contributed by atoms with E-state index in [1.54, 1.807) is 0 Å². The molecule has 2 atom stereocenters. The zero-order valence-corrected chi connectivity index (χ0v) is 25.3. The van der Waals surface area contributed by atoms with Gasteiger partial charge in [-0.3, -0.25) is 0 Å². The summed E-state index contributed by atoms with van der Waals surface area (Å²) in [6, 6.07) is 35.5. The number of benzene rings is 4. The topological polar surface area (TPSA) is 0 Å². The summed E-state index contributed by atoms with van der Waals surface area (Å²) in [6.07, 6.45) is 9.89. The molecule has 2 aliphatic rings. The second-order valence-electron chi connectivity index (χ2n) is 11.0. The second kappa shape index (κ2) is 9.97. The SMILES string of the molecule is Cl.Cl.[CH3][Ti]([CH3])(=[SiH2])([CH]1C=Cc2c(-c3ccccc3)cccc21)[CH]1C=Cc2c(-c3ccccc3)cccc21. The van der Waals surface area contributed by atoms with Crippen LogP contribution in [-0.4, -0.2) is 7.63 Å². The Labute approximate surface area is 229 Å². The van der Waals surface area contributed by atoms with Gasteiger partial charge < -0.3 is 0 Å². The molecule has 0 spiro atoms. The van der Waals surface area contributed by atoms with Crippen molar-refractivity contribution in [3.8, 4) is 22.3 Å². The van der Waals surface area contributed by atoms with Crippen LogP contribution in [-0.2, 0) is 14.0 Å². The van der Waals surface area contributed by atoms with Crippen LogP contribution in [0.1, 0.15) is 30.7 Å². The molecule has 0 fully saturated rings. The van der Waals surface area contributed by atoms with Gasteiger partial charge in [-0.05, 0) is 0 Å². The normalized spacial score (nSPS) is 17.6. The van der Waals surface area contributed by atoms with E-state index in [0.29, 0.717) is 8.45 Å². The number of allylic oxidation sites excluding steroid dienone is 2. The molecule has 4 aromatic rings. The van der Waals surface area contributed by atoms with Crippen molar-refractivity contribution in [3.63, 3.8) is 0 Å². The summed E-state index contributed by atoms with van der Waals surface area (Å²) in [6.45, 7) is 0. The van der Waals surface area contributed by atoms with E-state index >= 15 is 0 Å². The molecule has 36 heavy (non-hydrogen) atoms. The zero-order chi connectivity index (χ0) is 23.4. The van der Waals surface area contributed by atoms with E-state index in [4.69, 9.17) is 0 Å². The summed E-state index contributed by atoms with van der Waals surface area (Å²) in [5.74, 6) is 0. The summed E-state index contributed by atoms with van der Waals surface area (Å²) >= 11 is -3.09. The van der Waals surface area contributed by atoms with Crippen molar-refractivity contribution < 1.29 is 14.0 Å². The van der Waals surface area contributed by atoms with Gasteiger partial charge in [-0.2, -0.15) is 0 Å². The molecule has 4 heteroatoms. The van der Waals surface area contributed by atoms with Crippen LogP contribution < -0.4 is 0 Å². The summed E-state index contributed by atoms with van der Waals surface area (Å²) < 4.78 is 1.05. The molecule has 0 radical (unpaired) electrons. The Morgan fingerprint density at radius 1 is 0.528 bits per heavy atom. The van der Waals surface area contributed by atoms with Crippen LogP contribution in [0, 0.1) is 0 Å². The number of halogens is 2. The van der Waals surface area contributed by atoms with E-state index < -0.39 is 14.0 Å². The van der Waals surface area contributed by atoms with Gasteiger partial charge in [0.25, 0.3) is 0 Å². The maximum atomic E-state index is 2.66. The van der Waals surface area contributed by atoms with E-state index in [1.165, 1.54) is 44.5 Å². The third-order valence-corrected chi connectivity index (χ3v) is 19.7. The molecule has 0 aliphatic heterocycles. The molecule has 0 bridgehead atoms. The quantitative estimate of drug-likeness (QED) is 0.218. The molecule has 0 heterocycles. The van der Waals surface area contributed by atoms with E-state index in [-0.39, 0.29) is 24.8 Å². The van der Waals surface area contributed by atoms with Crippen LogP contribution in [0.15, 0.2) is 109 Å². The van der Waals surface area contributed by atoms with Gasteiger partial charge in [0.1, 0.15) is 0 Å². The average molecular weight is 563 g/mol. The van der Waals surface area contributed by atoms with Gasteiger partial charge in [-0.1, -0.05) is 0 Å². The fourth-order valence-electron chi connectivity index (χ4n) is 6.26. The molecule has 0 aromatic heterocycles. The Kier molecular flexibility index (Phi) is 7.46. The van der Waals surface area contributed by atoms with Gasteiger partial charge >= 0.3 is 206 Å². The van der Waals surface area contributed by atoms with Gasteiger partial charge in [0.05, 0.1) is 0 Å². The molecule has 6 rings (SSSR count). The molecule has 2 aliphatic carbocycles. The van der Waals surface area contributed by atoms with Crippen molar-refractivity contribution in [3.05, 3.63) is 131 Å². The average Bonchev–Trinajstić information content (AvgIpc) is 3.51. The molecule has 4 aromatic carbocycles. The standard InChI is InChI=1S/2C15H11.2CH3.2ClH.H2Si.Ti/c2*1-2-6-12(7-3-1)14-10-4-8-13-9-5-11-15(13)14;;;;;;/h2*1-11H;2*1H3;2*1H;1H2;. The zero-order valence-electron chi connectivity index (χ0n) is 20.7. The third-order valence-electron chi connectivity index (χ3n) is 8.07. The molecular weight excluding hydrogens is 531 g/mol. The Balaban J connectivity index is 0.00000152. The molecule has 0 N–H and O–H groups in total. The van der Waals surface area contributed by atoms with Crippen LogP contribution in [0.4, 0.5) is 0 Å². The van der Waals surface area contributed by atoms with Gasteiger partial charge in [0.15, 0.2) is 0 Å². The van der Waals surface area contributed by atoms with E-state index in [1.807, 2.05) is 0 Å². The second-order valence-corrected chi connectivity index (χ2v) is 31.3. The van der Waals surface area contributed by atoms with Crippen LogP contribution in [0.3, 0.4) is 0 Å². The van der Waals surface area contributed by atoms with Crippen molar-refractivity contribution in [1.29, 1.82) is 0 Å². The van der Waals surface area contributed by atoms with Crippen LogP contribution in [0.25, 0.3) is 34.4 Å². The number of rotatable bonds is 4. The van der Waals surface area contributed by atoms with Crippen molar-refractivity contribution in [1.82, 2.24) is 0 Å². The summed E-state index contributed by atoms with van der Waals surface area (Å²) in [7, 11) is 2.37. The van der Waals surface area contributed by atoms with Crippen molar-refractivity contribution >= 4 is 44.6 Å². The number of hydrogen-bond donors (Lipinski definition) is 0. The van der Waals surface area contributed by atoms with Crippen molar-refractivity contribution in [2.24, 2.45) is 0 Å². The van der Waals surface area contributed by atoms with Crippen LogP contribution in [0.5, 0.6) is 0 Å². The molecular formula is C32H32Cl2SiTi. The first-order valence-corrected chi connectivity index (χ1v) is 21.2. The first kappa shape index (κ1) is 26.9. The minimum atomic E-state index is -3.09. The molecule has 0 nitrogen and oxygen atoms in total. The molecule has 0 saturated heterocycles. The first-order valence-electron chi connectivity index (χ1n) is 12.2. The van der Waals surface area contributed by atoms with E-state index in [0.717, 1.165) is 0 Å². The number of fused-ring (bicyclic) bond motifs is 2. The monoisotopic (exact) mass is 562 g/mol. The Bertz CT molecular complexity index is 1420. The molecule has 0 amide bonds. The van der Waals surface area contributed by atoms with Gasteiger partial charge in [0.2, 0.25) is 0 Å². The Morgan fingerprint density at radius 3 is 1.31 bits per heavy atom. The van der Waals surface area contributed by atoms with E-state index in [2.05, 4.69) is 139 Å². The summed E-state index contributed by atoms with van der Waals surface area (Å²) in [5.41, 5.74) is 11.2. The fourth-order valence-corrected chi connectivity index (χ4v) is 16.0. The molecule has 0 saturated carbocycles. The number of hydrogen-bond acceptors (Lipinski definition) is 0. The summed E-state index contributed by atoms with van der Waals surface area (Å²) in [4.78, 5) is 0. The maximum absolute atomic E-state index is 3.09. The van der Waals surface area contributed by atoms with Gasteiger partial charge in [-0.25, -0.2) is 0 Å². The third kappa shape index (κ3) is 4.32. The first-order chi connectivity index (χ1) is 16.4. The molecule has 182 valence electrons. The Hall–Kier alpha value is -2.13. The van der Waals surface area contributed by atoms with Crippen molar-refractivity contribution in [2.75, 3.05) is 0 Å². The van der Waals surface area contributed by atoms with Crippen molar-refractivity contribution in [2.45, 2.75) is 18.9 Å². The predicted molar refractivity (Wildman–Crippen MR) is 162 cm³/mol. The van der Waals surface area contributed by atoms with Crippen LogP contribution in [0.2, 0.25) is 10.5 Å². The Morgan fingerprint density at radius 2 is 0.917 bits per heavy atom. The van der Waals surface area contributed by atoms with E-state index in [9.17, 15) is 0 Å². The minimum absolute atomic E-state index is 0. The van der Waals surface area contributed by atoms with Gasteiger partial charge in [0, 0.05) is 0 Å². The van der Waals surface area contributed by atoms with Gasteiger partial charge in [-0.15, -0.1) is 24.8 Å². The van der Waals surface area contributed by atoms with Crippen LogP contribution >= 0.6 is 24.8 Å².